The van der Waals surface area contributed by atoms with Crippen molar-refractivity contribution in [2.45, 2.75) is 136 Å². The zero-order valence-corrected chi connectivity index (χ0v) is 49.7. The molecule has 0 aliphatic carbocycles. The summed E-state index contributed by atoms with van der Waals surface area (Å²) in [6, 6.07) is 55.2. The molecule has 0 amide bonds. The fourth-order valence-electron chi connectivity index (χ4n) is 7.64. The molecule has 0 aliphatic heterocycles. The van der Waals surface area contributed by atoms with E-state index in [0.29, 0.717) is 19.8 Å². The fraction of sp³-hybridized carbons (Fsp3) is 0.400. The zero-order chi connectivity index (χ0) is 49.6. The van der Waals surface area contributed by atoms with Gasteiger partial charge in [0.2, 0.25) is 0 Å². The van der Waals surface area contributed by atoms with Gasteiger partial charge in [-0.1, -0.05) is 20.8 Å². The predicted molar refractivity (Wildman–Crippen MR) is 320 cm³/mol. The van der Waals surface area contributed by atoms with Crippen LogP contribution in [-0.2, 0) is 13.1 Å². The van der Waals surface area contributed by atoms with E-state index in [9.17, 15) is 0 Å². The SMILES string of the molecule is CCCCCCCCOc1ccc(I(OP(=O)(OI(c2ccccc2)c2ccc(OCCCCCCCC)cc2)OI(c2ccccc2)c2ccc(OCCCCCCCC)cc2)c2ccccc2)cc1. The van der Waals surface area contributed by atoms with Gasteiger partial charge in [0.05, 0.1) is 0 Å². The standard InChI is InChI=1S/C60H78I3O7P/c1-4-7-10-13-16-28-49-65-58-43-37-55(38-44-58)61(52-31-22-19-23-32-52)68-71(64,69-62(53-33-24-20-25-34-53)56-39-45-59(46-40-56)66-50-29-17-14-11-8-5-2)70-63(54-35-26-21-27-36-54)57-41-47-60(48-42-57)67-51-30-18-15-12-9-6-3/h19-27,31-48H,4-18,28-30,49-51H2,1-3H3. The van der Waals surface area contributed by atoms with Gasteiger partial charge >= 0.3 is 434 Å². The van der Waals surface area contributed by atoms with Crippen molar-refractivity contribution in [3.8, 4) is 17.2 Å². The molecular weight excluding hydrogens is 1240 g/mol. The minimum absolute atomic E-state index is 0.677. The summed E-state index contributed by atoms with van der Waals surface area (Å²) in [5.74, 6) is 2.45. The molecule has 0 saturated carbocycles. The molecule has 6 rings (SSSR count). The first-order valence-electron chi connectivity index (χ1n) is 26.1. The summed E-state index contributed by atoms with van der Waals surface area (Å²) in [5, 5.41) is 0. The van der Waals surface area contributed by atoms with Gasteiger partial charge in [-0.05, 0) is 0 Å². The molecule has 0 unspecified atom stereocenters. The Morgan fingerprint density at radius 3 is 0.775 bits per heavy atom. The van der Waals surface area contributed by atoms with Gasteiger partial charge in [-0.3, -0.25) is 0 Å². The molecule has 0 spiro atoms. The summed E-state index contributed by atoms with van der Waals surface area (Å²) in [5.41, 5.74) is 0. The Bertz CT molecular complexity index is 2080. The Labute approximate surface area is 450 Å². The van der Waals surface area contributed by atoms with Crippen molar-refractivity contribution in [2.75, 3.05) is 19.8 Å². The molecule has 0 N–H and O–H groups in total. The van der Waals surface area contributed by atoms with Gasteiger partial charge in [-0.2, -0.15) is 0 Å². The molecule has 0 saturated heterocycles. The van der Waals surface area contributed by atoms with E-state index >= 15 is 4.57 Å². The Morgan fingerprint density at radius 1 is 0.296 bits per heavy atom. The molecule has 71 heavy (non-hydrogen) atoms. The van der Waals surface area contributed by atoms with Crippen LogP contribution in [0.4, 0.5) is 0 Å². The van der Waals surface area contributed by atoms with Crippen molar-refractivity contribution >= 4 is 68.5 Å². The molecule has 386 valence electrons. The fourth-order valence-corrected chi connectivity index (χ4v) is 29.7. The van der Waals surface area contributed by atoms with E-state index in [2.05, 4.69) is 93.6 Å². The summed E-state index contributed by atoms with van der Waals surface area (Å²) in [4.78, 5) is 0. The quantitative estimate of drug-likeness (QED) is 0.0220. The third-order valence-electron chi connectivity index (χ3n) is 11.6. The molecule has 0 fully saturated rings. The Morgan fingerprint density at radius 2 is 0.521 bits per heavy atom. The molecule has 0 heterocycles. The van der Waals surface area contributed by atoms with E-state index in [1.165, 1.54) is 96.3 Å². The van der Waals surface area contributed by atoms with Crippen LogP contribution in [0.3, 0.4) is 0 Å². The summed E-state index contributed by atoms with van der Waals surface area (Å²) in [6.07, 6.45) is 21.7. The Hall–Kier alpha value is -2.98. The van der Waals surface area contributed by atoms with Crippen LogP contribution >= 0.6 is 68.5 Å². The molecule has 6 aromatic rings. The van der Waals surface area contributed by atoms with Crippen LogP contribution in [0.15, 0.2) is 164 Å². The molecule has 0 aromatic heterocycles. The second-order valence-electron chi connectivity index (χ2n) is 17.5. The first-order valence-corrected chi connectivity index (χ1v) is 36.7. The van der Waals surface area contributed by atoms with Crippen molar-refractivity contribution in [1.29, 1.82) is 0 Å². The predicted octanol–water partition coefficient (Wildman–Crippen LogP) is 19.8. The molecule has 6 aromatic carbocycles. The number of hydrogen-bond acceptors (Lipinski definition) is 7. The van der Waals surface area contributed by atoms with E-state index in [-0.39, 0.29) is 0 Å². The van der Waals surface area contributed by atoms with Crippen LogP contribution in [-0.4, -0.2) is 19.8 Å². The number of rotatable bonds is 36. The monoisotopic (exact) mass is 1320 g/mol. The van der Waals surface area contributed by atoms with E-state index in [4.69, 9.17) is 22.8 Å². The number of unbranched alkanes of at least 4 members (excludes halogenated alkanes) is 15. The number of benzene rings is 6. The number of ether oxygens (including phenoxy) is 3. The third-order valence-corrected chi connectivity index (χ3v) is 31.5. The van der Waals surface area contributed by atoms with Crippen LogP contribution in [0, 0.1) is 21.4 Å². The van der Waals surface area contributed by atoms with Gasteiger partial charge in [0.15, 0.2) is 0 Å². The van der Waals surface area contributed by atoms with Crippen LogP contribution in [0.25, 0.3) is 0 Å². The maximum atomic E-state index is 16.5. The summed E-state index contributed by atoms with van der Waals surface area (Å²) >= 11 is -9.06. The molecule has 11 heteroatoms. The van der Waals surface area contributed by atoms with E-state index in [1.54, 1.807) is 0 Å². The molecule has 0 bridgehead atoms. The first-order chi connectivity index (χ1) is 35.0. The van der Waals surface area contributed by atoms with Crippen molar-refractivity contribution in [3.05, 3.63) is 185 Å². The summed E-state index contributed by atoms with van der Waals surface area (Å²) in [7, 11) is -4.40. The van der Waals surface area contributed by atoms with E-state index in [0.717, 1.165) is 57.9 Å². The number of phosphoric acid groups is 1. The average Bonchev–Trinajstić information content (AvgIpc) is 3.42. The van der Waals surface area contributed by atoms with Crippen molar-refractivity contribution in [3.63, 3.8) is 0 Å². The normalized spacial score (nSPS) is 12.1. The van der Waals surface area contributed by atoms with Gasteiger partial charge in [0.25, 0.3) is 0 Å². The zero-order valence-electron chi connectivity index (χ0n) is 42.4. The van der Waals surface area contributed by atoms with Crippen LogP contribution in [0.1, 0.15) is 136 Å². The topological polar surface area (TPSA) is 72.5 Å². The minimum atomic E-state index is -4.40. The number of hydrogen-bond donors (Lipinski definition) is 0. The van der Waals surface area contributed by atoms with Gasteiger partial charge < -0.3 is 0 Å². The van der Waals surface area contributed by atoms with Crippen molar-refractivity contribution in [2.24, 2.45) is 0 Å². The van der Waals surface area contributed by atoms with Crippen LogP contribution in [0.2, 0.25) is 0 Å². The van der Waals surface area contributed by atoms with Crippen LogP contribution in [0.5, 0.6) is 17.2 Å². The van der Waals surface area contributed by atoms with Gasteiger partial charge in [0.1, 0.15) is 0 Å². The van der Waals surface area contributed by atoms with Crippen molar-refractivity contribution in [1.82, 2.24) is 0 Å². The van der Waals surface area contributed by atoms with Gasteiger partial charge in [-0.25, -0.2) is 0 Å². The van der Waals surface area contributed by atoms with Gasteiger partial charge in [0, 0.05) is 0 Å². The molecule has 0 atom stereocenters. The second kappa shape index (κ2) is 33.8. The molecular formula is C60H78I3O7P. The third kappa shape index (κ3) is 20.7. The first kappa shape index (κ1) is 57.3. The summed E-state index contributed by atoms with van der Waals surface area (Å²) in [6.45, 7) is 8.77. The van der Waals surface area contributed by atoms with Crippen molar-refractivity contribution < 1.29 is 27.3 Å². The molecule has 0 aliphatic rings. The Balaban J connectivity index is 1.32. The van der Waals surface area contributed by atoms with Crippen LogP contribution < -0.4 is 14.2 Å². The Kier molecular flexibility index (Phi) is 27.2. The second-order valence-corrected chi connectivity index (χ2v) is 34.1. The number of halogens is 3. The van der Waals surface area contributed by atoms with E-state index < -0.39 is 68.5 Å². The molecule has 0 radical (unpaired) electrons. The maximum absolute atomic E-state index is 16.5. The van der Waals surface area contributed by atoms with Gasteiger partial charge in [-0.15, -0.1) is 0 Å². The molecule has 7 nitrogen and oxygen atoms in total. The summed E-state index contributed by atoms with van der Waals surface area (Å²) < 4.78 is 62.8. The van der Waals surface area contributed by atoms with E-state index in [1.807, 2.05) is 91.0 Å². The average molecular weight is 1320 g/mol.